The Bertz CT molecular complexity index is 471. The van der Waals surface area contributed by atoms with Gasteiger partial charge in [0.25, 0.3) is 0 Å². The summed E-state index contributed by atoms with van der Waals surface area (Å²) in [4.78, 5) is 13.1. The van der Waals surface area contributed by atoms with Gasteiger partial charge in [0.1, 0.15) is 5.75 Å². The Balaban J connectivity index is 2.74. The first-order valence-corrected chi connectivity index (χ1v) is 5.90. The molecule has 0 atom stereocenters. The third kappa shape index (κ3) is 3.64. The predicted octanol–water partition coefficient (Wildman–Crippen LogP) is 3.30. The fourth-order valence-corrected chi connectivity index (χ4v) is 1.56. The summed E-state index contributed by atoms with van der Waals surface area (Å²) in [5.41, 5.74) is 1.72. The first-order valence-electron chi connectivity index (χ1n) is 5.52. The number of carbonyl (C=O) groups excluding carboxylic acids is 1. The number of amides is 1. The van der Waals surface area contributed by atoms with Crippen LogP contribution in [0.1, 0.15) is 17.5 Å². The molecule has 0 aliphatic heterocycles. The molecule has 0 N–H and O–H groups in total. The van der Waals surface area contributed by atoms with Crippen molar-refractivity contribution in [2.24, 2.45) is 0 Å². The number of aryl methyl sites for hydroxylation is 2. The lowest BCUT2D eigenvalue weighted by Gasteiger charge is -2.16. The molecule has 0 spiro atoms. The molecule has 96 valence electrons. The van der Waals surface area contributed by atoms with E-state index in [9.17, 15) is 4.79 Å². The van der Waals surface area contributed by atoms with E-state index in [-0.39, 0.29) is 6.42 Å². The molecule has 0 unspecified atom stereocenters. The summed E-state index contributed by atoms with van der Waals surface area (Å²) in [6.45, 7) is 4.05. The molecule has 0 saturated carbocycles. The van der Waals surface area contributed by atoms with Gasteiger partial charge in [-0.3, -0.25) is 0 Å². The van der Waals surface area contributed by atoms with Crippen LogP contribution in [0.25, 0.3) is 0 Å². The smallest absolute Gasteiger partial charge is 0.410 e. The van der Waals surface area contributed by atoms with Gasteiger partial charge in [0.05, 0.1) is 12.5 Å². The first-order chi connectivity index (χ1) is 8.45. The van der Waals surface area contributed by atoms with Crippen LogP contribution in [0.15, 0.2) is 12.1 Å². The summed E-state index contributed by atoms with van der Waals surface area (Å²) in [5.74, 6) is 0.461. The number of carbonyl (C=O) groups is 1. The van der Waals surface area contributed by atoms with E-state index >= 15 is 0 Å². The van der Waals surface area contributed by atoms with Crippen molar-refractivity contribution in [3.05, 3.63) is 28.3 Å². The van der Waals surface area contributed by atoms with E-state index in [0.29, 0.717) is 17.3 Å². The minimum absolute atomic E-state index is 0.282. The van der Waals surface area contributed by atoms with Gasteiger partial charge in [0.15, 0.2) is 0 Å². The number of ether oxygens (including phenoxy) is 1. The van der Waals surface area contributed by atoms with Crippen molar-refractivity contribution < 1.29 is 9.53 Å². The number of rotatable bonds is 3. The van der Waals surface area contributed by atoms with Gasteiger partial charge >= 0.3 is 6.09 Å². The second kappa shape index (κ2) is 6.27. The monoisotopic (exact) mass is 266 g/mol. The van der Waals surface area contributed by atoms with Crippen molar-refractivity contribution in [3.63, 3.8) is 0 Å². The molecule has 0 aromatic heterocycles. The van der Waals surface area contributed by atoms with Gasteiger partial charge in [-0.25, -0.2) is 4.79 Å². The van der Waals surface area contributed by atoms with Gasteiger partial charge in [0, 0.05) is 18.6 Å². The van der Waals surface area contributed by atoms with Gasteiger partial charge in [0.2, 0.25) is 0 Å². The van der Waals surface area contributed by atoms with Gasteiger partial charge < -0.3 is 9.64 Å². The van der Waals surface area contributed by atoms with Crippen LogP contribution in [-0.4, -0.2) is 24.6 Å². The fraction of sp³-hybridized carbons (Fsp3) is 0.385. The van der Waals surface area contributed by atoms with Crippen LogP contribution < -0.4 is 4.74 Å². The van der Waals surface area contributed by atoms with Crippen LogP contribution in [0, 0.1) is 25.2 Å². The summed E-state index contributed by atoms with van der Waals surface area (Å²) in [6.07, 6.45) is -0.198. The zero-order valence-electron chi connectivity index (χ0n) is 10.7. The van der Waals surface area contributed by atoms with Crippen molar-refractivity contribution in [2.45, 2.75) is 20.3 Å². The van der Waals surface area contributed by atoms with E-state index in [4.69, 9.17) is 21.6 Å². The highest BCUT2D eigenvalue weighted by atomic mass is 35.5. The van der Waals surface area contributed by atoms with Gasteiger partial charge in [-0.15, -0.1) is 0 Å². The quantitative estimate of drug-likeness (QED) is 0.843. The van der Waals surface area contributed by atoms with Crippen LogP contribution >= 0.6 is 11.6 Å². The van der Waals surface area contributed by atoms with Gasteiger partial charge in [-0.2, -0.15) is 5.26 Å². The van der Waals surface area contributed by atoms with Crippen LogP contribution in [-0.2, 0) is 0 Å². The summed E-state index contributed by atoms with van der Waals surface area (Å²) < 4.78 is 5.21. The van der Waals surface area contributed by atoms with E-state index in [1.807, 2.05) is 19.9 Å². The molecule has 1 rings (SSSR count). The Morgan fingerprint density at radius 3 is 2.50 bits per heavy atom. The van der Waals surface area contributed by atoms with Crippen molar-refractivity contribution in [2.75, 3.05) is 13.6 Å². The average Bonchev–Trinajstić information content (AvgIpc) is 2.32. The Hall–Kier alpha value is -1.73. The lowest BCUT2D eigenvalue weighted by molar-refractivity contribution is 0.164. The highest BCUT2D eigenvalue weighted by Gasteiger charge is 2.12. The molecule has 4 nitrogen and oxygen atoms in total. The number of nitriles is 1. The van der Waals surface area contributed by atoms with Crippen molar-refractivity contribution in [1.82, 2.24) is 4.90 Å². The molecule has 0 aliphatic carbocycles. The van der Waals surface area contributed by atoms with Crippen LogP contribution in [0.3, 0.4) is 0 Å². The van der Waals surface area contributed by atoms with Crippen LogP contribution in [0.2, 0.25) is 5.02 Å². The molecule has 1 aromatic rings. The summed E-state index contributed by atoms with van der Waals surface area (Å²) in [6, 6.07) is 5.40. The molecule has 5 heteroatoms. The lowest BCUT2D eigenvalue weighted by atomic mass is 10.1. The zero-order chi connectivity index (χ0) is 13.7. The van der Waals surface area contributed by atoms with E-state index < -0.39 is 6.09 Å². The number of benzene rings is 1. The normalized spacial score (nSPS) is 9.72. The Morgan fingerprint density at radius 2 is 2.00 bits per heavy atom. The number of halogens is 1. The molecule has 0 aliphatic rings. The number of hydrogen-bond acceptors (Lipinski definition) is 3. The highest BCUT2D eigenvalue weighted by Crippen LogP contribution is 2.26. The molecule has 1 amide bonds. The molecule has 0 fully saturated rings. The second-order valence-corrected chi connectivity index (χ2v) is 4.45. The van der Waals surface area contributed by atoms with Crippen LogP contribution in [0.5, 0.6) is 5.75 Å². The van der Waals surface area contributed by atoms with E-state index in [1.165, 1.54) is 4.90 Å². The van der Waals surface area contributed by atoms with Gasteiger partial charge in [-0.05, 0) is 37.1 Å². The zero-order valence-corrected chi connectivity index (χ0v) is 11.4. The average molecular weight is 267 g/mol. The number of nitrogens with zero attached hydrogens (tertiary/aromatic N) is 2. The minimum atomic E-state index is -0.480. The lowest BCUT2D eigenvalue weighted by Crippen LogP contribution is -2.30. The van der Waals surface area contributed by atoms with Crippen LogP contribution in [0.4, 0.5) is 4.79 Å². The Kier molecular flexibility index (Phi) is 4.99. The highest BCUT2D eigenvalue weighted by molar-refractivity contribution is 6.32. The minimum Gasteiger partial charge on any atom is -0.410 e. The third-order valence-electron chi connectivity index (χ3n) is 2.49. The third-order valence-corrected chi connectivity index (χ3v) is 3.08. The maximum absolute atomic E-state index is 11.7. The summed E-state index contributed by atoms with van der Waals surface area (Å²) in [7, 11) is 1.59. The number of hydrogen-bond donors (Lipinski definition) is 0. The van der Waals surface area contributed by atoms with E-state index in [0.717, 1.165) is 11.1 Å². The topological polar surface area (TPSA) is 53.3 Å². The molecule has 0 saturated heterocycles. The van der Waals surface area contributed by atoms with Crippen molar-refractivity contribution >= 4 is 17.7 Å². The molecular weight excluding hydrogens is 252 g/mol. The predicted molar refractivity (Wildman–Crippen MR) is 69.8 cm³/mol. The van der Waals surface area contributed by atoms with E-state index in [2.05, 4.69) is 0 Å². The van der Waals surface area contributed by atoms with Crippen molar-refractivity contribution in [1.29, 1.82) is 5.26 Å². The van der Waals surface area contributed by atoms with E-state index in [1.54, 1.807) is 19.2 Å². The largest absolute Gasteiger partial charge is 0.414 e. The van der Waals surface area contributed by atoms with Gasteiger partial charge in [-0.1, -0.05) is 11.6 Å². The first kappa shape index (κ1) is 14.3. The second-order valence-electron chi connectivity index (χ2n) is 4.07. The maximum Gasteiger partial charge on any atom is 0.414 e. The molecule has 1 aromatic carbocycles. The fourth-order valence-electron chi connectivity index (χ4n) is 1.45. The Morgan fingerprint density at radius 1 is 1.44 bits per heavy atom. The summed E-state index contributed by atoms with van der Waals surface area (Å²) >= 11 is 6.03. The summed E-state index contributed by atoms with van der Waals surface area (Å²) in [5, 5.41) is 9.12. The molecular formula is C13H15ClN2O2. The standard InChI is InChI=1S/C13H15ClN2O2/c1-9-7-11(8-10(2)12(9)14)18-13(17)16(3)6-4-5-15/h7-8H,4,6H2,1-3H3. The van der Waals surface area contributed by atoms with Crippen molar-refractivity contribution in [3.8, 4) is 11.8 Å². The molecule has 18 heavy (non-hydrogen) atoms. The molecule has 0 radical (unpaired) electrons. The molecule has 0 bridgehead atoms. The molecule has 0 heterocycles. The maximum atomic E-state index is 11.7. The Labute approximate surface area is 112 Å². The SMILES string of the molecule is Cc1cc(OC(=O)N(C)CCC#N)cc(C)c1Cl.